The Hall–Kier alpha value is -4.25. The predicted octanol–water partition coefficient (Wildman–Crippen LogP) is 1.87. The van der Waals surface area contributed by atoms with E-state index in [2.05, 4.69) is 5.32 Å². The van der Waals surface area contributed by atoms with Gasteiger partial charge in [0.05, 0.1) is 0 Å². The highest BCUT2D eigenvalue weighted by Gasteiger charge is 2.54. The van der Waals surface area contributed by atoms with Crippen molar-refractivity contribution in [2.24, 2.45) is 0 Å². The molecule has 0 spiro atoms. The van der Waals surface area contributed by atoms with Crippen molar-refractivity contribution in [3.63, 3.8) is 0 Å². The zero-order valence-corrected chi connectivity index (χ0v) is 21.0. The van der Waals surface area contributed by atoms with E-state index in [0.29, 0.717) is 36.4 Å². The number of nitrogens with zero attached hydrogens (tertiary/aromatic N) is 2. The van der Waals surface area contributed by atoms with Gasteiger partial charge in [0, 0.05) is 24.4 Å². The van der Waals surface area contributed by atoms with Gasteiger partial charge in [0.15, 0.2) is 6.61 Å². The van der Waals surface area contributed by atoms with Crippen LogP contribution in [-0.4, -0.2) is 74.0 Å². The van der Waals surface area contributed by atoms with Gasteiger partial charge in [0.2, 0.25) is 5.91 Å². The molecule has 3 aliphatic heterocycles. The zero-order chi connectivity index (χ0) is 26.8. The number of ether oxygens (including phenoxy) is 1. The van der Waals surface area contributed by atoms with Crippen LogP contribution in [0.2, 0.25) is 0 Å². The Labute approximate surface area is 222 Å². The fraction of sp³-hybridized carbons (Fsp3) is 0.259. The van der Waals surface area contributed by atoms with Crippen LogP contribution in [0.25, 0.3) is 0 Å². The summed E-state index contributed by atoms with van der Waals surface area (Å²) in [5.74, 6) is -1.58. The maximum Gasteiger partial charge on any atom is 0.352 e. The average molecular weight is 536 g/mol. The van der Waals surface area contributed by atoms with E-state index in [9.17, 15) is 29.4 Å². The first-order valence-corrected chi connectivity index (χ1v) is 13.0. The number of thioether (sulfide) groups is 1. The van der Waals surface area contributed by atoms with Crippen molar-refractivity contribution in [1.82, 2.24) is 15.1 Å². The third kappa shape index (κ3) is 5.10. The Balaban J connectivity index is 1.26. The minimum Gasteiger partial charge on any atom is -0.508 e. The van der Waals surface area contributed by atoms with Crippen molar-refractivity contribution in [2.75, 3.05) is 18.9 Å². The van der Waals surface area contributed by atoms with E-state index in [-0.39, 0.29) is 29.7 Å². The second-order valence-corrected chi connectivity index (χ2v) is 10.2. The quantitative estimate of drug-likeness (QED) is 0.344. The fourth-order valence-corrected chi connectivity index (χ4v) is 5.98. The molecule has 3 heterocycles. The highest BCUT2D eigenvalue weighted by molar-refractivity contribution is 8.00. The van der Waals surface area contributed by atoms with Crippen LogP contribution >= 0.6 is 11.8 Å². The molecular formula is C27H25N3O7S. The molecule has 38 heavy (non-hydrogen) atoms. The van der Waals surface area contributed by atoms with Crippen LogP contribution in [0.1, 0.15) is 12.0 Å². The van der Waals surface area contributed by atoms with E-state index < -0.39 is 29.2 Å². The number of hydrogen-bond donors (Lipinski definition) is 3. The van der Waals surface area contributed by atoms with E-state index in [0.717, 1.165) is 5.56 Å². The minimum absolute atomic E-state index is 0.118. The first kappa shape index (κ1) is 25.4. The van der Waals surface area contributed by atoms with E-state index >= 15 is 0 Å². The molecule has 3 aliphatic rings. The molecule has 10 nitrogen and oxygen atoms in total. The van der Waals surface area contributed by atoms with Crippen LogP contribution in [0.5, 0.6) is 11.5 Å². The summed E-state index contributed by atoms with van der Waals surface area (Å²) in [5.41, 5.74) is 1.46. The summed E-state index contributed by atoms with van der Waals surface area (Å²) in [6.07, 6.45) is 2.01. The first-order chi connectivity index (χ1) is 18.3. The number of allylic oxidation sites excluding steroid dienone is 1. The predicted molar refractivity (Wildman–Crippen MR) is 138 cm³/mol. The number of carboxylic acid groups (broad SMARTS) is 1. The van der Waals surface area contributed by atoms with Crippen molar-refractivity contribution < 1.29 is 34.1 Å². The van der Waals surface area contributed by atoms with E-state index in [1.54, 1.807) is 53.4 Å². The Morgan fingerprint density at radius 1 is 1.13 bits per heavy atom. The van der Waals surface area contributed by atoms with Gasteiger partial charge in [0.1, 0.15) is 28.6 Å². The summed E-state index contributed by atoms with van der Waals surface area (Å²) in [6.45, 7) is 0.519. The topological polar surface area (TPSA) is 136 Å². The molecule has 11 heteroatoms. The fourth-order valence-electron chi connectivity index (χ4n) is 4.67. The average Bonchev–Trinajstić information content (AvgIpc) is 3.24. The number of aliphatic carboxylic acids is 1. The number of hydrogen-bond acceptors (Lipinski definition) is 7. The normalized spacial score (nSPS) is 21.8. The first-order valence-electron chi connectivity index (χ1n) is 12.0. The van der Waals surface area contributed by atoms with Crippen LogP contribution in [0.3, 0.4) is 0 Å². The smallest absolute Gasteiger partial charge is 0.352 e. The molecule has 0 aliphatic carbocycles. The van der Waals surface area contributed by atoms with Crippen molar-refractivity contribution in [3.8, 4) is 11.5 Å². The molecule has 0 unspecified atom stereocenters. The van der Waals surface area contributed by atoms with E-state index in [4.69, 9.17) is 4.74 Å². The van der Waals surface area contributed by atoms with Gasteiger partial charge in [-0.1, -0.05) is 30.3 Å². The molecule has 2 saturated heterocycles. The molecule has 0 radical (unpaired) electrons. The molecule has 2 fully saturated rings. The molecule has 196 valence electrons. The van der Waals surface area contributed by atoms with Crippen molar-refractivity contribution >= 4 is 35.5 Å². The molecule has 0 saturated carbocycles. The van der Waals surface area contributed by atoms with Crippen LogP contribution in [0.4, 0.5) is 0 Å². The standard InChI is InChI=1S/C27H25N3O7S/c31-19-6-4-5-16(11-19)13-29-10-9-17(24(29)33)12-18-15-38-26-22(25(34)30(26)23(18)27(35)36)28-21(32)14-37-20-7-2-1-3-8-20/h1-8,11-12,22,26,31H,9-10,13-15H2,(H,28,32)(H,35,36)/b17-12+/t22-,26-/m1/s1. The molecule has 3 N–H and O–H groups in total. The number of rotatable bonds is 8. The maximum atomic E-state index is 13.0. The van der Waals surface area contributed by atoms with Gasteiger partial charge >= 0.3 is 5.97 Å². The number of phenolic OH excluding ortho intramolecular Hbond substituents is 1. The Kier molecular flexibility index (Phi) is 7.10. The van der Waals surface area contributed by atoms with Gasteiger partial charge in [0.25, 0.3) is 11.8 Å². The van der Waals surface area contributed by atoms with Gasteiger partial charge < -0.3 is 25.2 Å². The number of likely N-dealkylation sites (tertiary alicyclic amines) is 1. The number of fused-ring (bicyclic) bond motifs is 1. The summed E-state index contributed by atoms with van der Waals surface area (Å²) in [4.78, 5) is 53.2. The van der Waals surface area contributed by atoms with Crippen molar-refractivity contribution in [1.29, 1.82) is 0 Å². The second-order valence-electron chi connectivity index (χ2n) is 9.05. The van der Waals surface area contributed by atoms with Gasteiger partial charge in [-0.05, 0) is 47.9 Å². The Morgan fingerprint density at radius 3 is 2.66 bits per heavy atom. The number of carboxylic acids is 1. The summed E-state index contributed by atoms with van der Waals surface area (Å²) in [5, 5.41) is 21.7. The zero-order valence-electron chi connectivity index (χ0n) is 20.2. The van der Waals surface area contributed by atoms with Crippen LogP contribution < -0.4 is 10.1 Å². The summed E-state index contributed by atoms with van der Waals surface area (Å²) in [6, 6.07) is 14.6. The van der Waals surface area contributed by atoms with Gasteiger partial charge in [-0.15, -0.1) is 11.8 Å². The highest BCUT2D eigenvalue weighted by Crippen LogP contribution is 2.41. The second kappa shape index (κ2) is 10.6. The molecule has 3 amide bonds. The van der Waals surface area contributed by atoms with Crippen molar-refractivity contribution in [2.45, 2.75) is 24.4 Å². The maximum absolute atomic E-state index is 13.0. The number of para-hydroxylation sites is 1. The molecule has 2 aromatic carbocycles. The van der Waals surface area contributed by atoms with Crippen molar-refractivity contribution in [3.05, 3.63) is 83.1 Å². The van der Waals surface area contributed by atoms with E-state index in [1.165, 1.54) is 16.7 Å². The number of nitrogens with one attached hydrogen (secondary N) is 1. The SMILES string of the molecule is O=C(COc1ccccc1)N[C@@H]1C(=O)N2C(C(=O)O)=C(/C=C3\CCN(Cc4cccc(O)c4)C3=O)CS[C@H]12. The molecule has 2 aromatic rings. The van der Waals surface area contributed by atoms with E-state index in [1.807, 2.05) is 12.1 Å². The highest BCUT2D eigenvalue weighted by atomic mass is 32.2. The number of amides is 3. The monoisotopic (exact) mass is 535 g/mol. The summed E-state index contributed by atoms with van der Waals surface area (Å²) in [7, 11) is 0. The number of aromatic hydroxyl groups is 1. The third-order valence-electron chi connectivity index (χ3n) is 6.48. The molecule has 5 rings (SSSR count). The number of carbonyl (C=O) groups is 4. The van der Waals surface area contributed by atoms with Crippen LogP contribution in [0, 0.1) is 0 Å². The number of phenols is 1. The minimum atomic E-state index is -1.27. The summed E-state index contributed by atoms with van der Waals surface area (Å²) >= 11 is 1.33. The number of carbonyl (C=O) groups excluding carboxylic acids is 3. The Morgan fingerprint density at radius 2 is 1.92 bits per heavy atom. The lowest BCUT2D eigenvalue weighted by Gasteiger charge is -2.49. The van der Waals surface area contributed by atoms with Crippen LogP contribution in [-0.2, 0) is 25.7 Å². The van der Waals surface area contributed by atoms with Gasteiger partial charge in [-0.3, -0.25) is 19.3 Å². The summed E-state index contributed by atoms with van der Waals surface area (Å²) < 4.78 is 5.42. The lowest BCUT2D eigenvalue weighted by Crippen LogP contribution is -2.70. The van der Waals surface area contributed by atoms with Gasteiger partial charge in [-0.25, -0.2) is 4.79 Å². The lowest BCUT2D eigenvalue weighted by molar-refractivity contribution is -0.150. The largest absolute Gasteiger partial charge is 0.508 e. The molecule has 0 bridgehead atoms. The number of β-lactam (4-membered cyclic amide) rings is 1. The molecule has 2 atom stereocenters. The lowest BCUT2D eigenvalue weighted by atomic mass is 10.0. The molecular weight excluding hydrogens is 510 g/mol. The van der Waals surface area contributed by atoms with Gasteiger partial charge in [-0.2, -0.15) is 0 Å². The third-order valence-corrected chi connectivity index (χ3v) is 7.78. The Bertz CT molecular complexity index is 1360. The molecule has 0 aromatic heterocycles. The number of benzene rings is 2. The van der Waals surface area contributed by atoms with Crippen LogP contribution in [0.15, 0.2) is 77.5 Å².